The van der Waals surface area contributed by atoms with E-state index >= 15 is 0 Å². The molecular formula is C23H34N4O2. The van der Waals surface area contributed by atoms with Crippen LogP contribution in [-0.2, 0) is 16.1 Å². The molecule has 0 aromatic heterocycles. The summed E-state index contributed by atoms with van der Waals surface area (Å²) in [5.74, 6) is 0.448. The molecule has 1 aromatic rings. The number of carbonyl (C=O) groups excluding carboxylic acids is 2. The summed E-state index contributed by atoms with van der Waals surface area (Å²) in [4.78, 5) is 30.8. The molecule has 3 saturated heterocycles. The molecule has 2 atom stereocenters. The molecule has 1 aromatic carbocycles. The molecule has 6 nitrogen and oxygen atoms in total. The average Bonchev–Trinajstić information content (AvgIpc) is 3.04. The lowest BCUT2D eigenvalue weighted by atomic mass is 9.80. The summed E-state index contributed by atoms with van der Waals surface area (Å²) < 4.78 is 0. The molecule has 4 rings (SSSR count). The lowest BCUT2D eigenvalue weighted by Gasteiger charge is -2.43. The number of rotatable bonds is 4. The fourth-order valence-corrected chi connectivity index (χ4v) is 5.58. The standard InChI is InChI=1S/C23H34N4O2/c1-18(28)24-23-10-13-27(19(2)29)16-21(23)15-25(17-23)14-20-8-4-5-9-22(20)26-11-6-3-7-12-26/h4-5,8-9,21H,3,6-7,10-17H2,1-2H3,(H,24,28)/t21-,23+/m0/s1. The van der Waals surface area contributed by atoms with Gasteiger partial charge in [0, 0.05) is 71.3 Å². The number of benzene rings is 1. The van der Waals surface area contributed by atoms with Crippen molar-refractivity contribution in [1.29, 1.82) is 0 Å². The molecule has 3 aliphatic rings. The SMILES string of the molecule is CC(=O)N[C@@]12CCN(C(C)=O)C[C@@H]1CN(Cc1ccccc1N1CCCCC1)C2. The number of piperidine rings is 2. The van der Waals surface area contributed by atoms with E-state index in [-0.39, 0.29) is 23.3 Å². The maximum absolute atomic E-state index is 12.0. The van der Waals surface area contributed by atoms with Gasteiger partial charge in [0.1, 0.15) is 0 Å². The van der Waals surface area contributed by atoms with Gasteiger partial charge >= 0.3 is 0 Å². The van der Waals surface area contributed by atoms with E-state index in [0.717, 1.165) is 52.2 Å². The number of fused-ring (bicyclic) bond motifs is 1. The number of nitrogens with one attached hydrogen (secondary N) is 1. The first-order chi connectivity index (χ1) is 14.0. The van der Waals surface area contributed by atoms with Crippen molar-refractivity contribution in [2.24, 2.45) is 5.92 Å². The third-order valence-electron chi connectivity index (χ3n) is 6.99. The highest BCUT2D eigenvalue weighted by Crippen LogP contribution is 2.37. The Bertz CT molecular complexity index is 761. The average molecular weight is 399 g/mol. The molecule has 1 N–H and O–H groups in total. The summed E-state index contributed by atoms with van der Waals surface area (Å²) in [6.07, 6.45) is 4.71. The first-order valence-corrected chi connectivity index (χ1v) is 11.1. The normalized spacial score (nSPS) is 27.6. The number of amides is 2. The number of para-hydroxylation sites is 1. The van der Waals surface area contributed by atoms with Crippen LogP contribution in [-0.4, -0.2) is 66.4 Å². The molecule has 0 saturated carbocycles. The topological polar surface area (TPSA) is 55.9 Å². The number of carbonyl (C=O) groups is 2. The smallest absolute Gasteiger partial charge is 0.219 e. The van der Waals surface area contributed by atoms with Crippen LogP contribution in [0.5, 0.6) is 0 Å². The minimum absolute atomic E-state index is 0.0295. The molecule has 3 aliphatic heterocycles. The quantitative estimate of drug-likeness (QED) is 0.845. The maximum Gasteiger partial charge on any atom is 0.219 e. The van der Waals surface area contributed by atoms with Crippen LogP contribution in [0.4, 0.5) is 5.69 Å². The zero-order chi connectivity index (χ0) is 20.4. The van der Waals surface area contributed by atoms with Gasteiger partial charge in [0.05, 0.1) is 5.54 Å². The highest BCUT2D eigenvalue weighted by molar-refractivity contribution is 5.75. The summed E-state index contributed by atoms with van der Waals surface area (Å²) in [5.41, 5.74) is 2.52. The van der Waals surface area contributed by atoms with Gasteiger partial charge < -0.3 is 15.1 Å². The van der Waals surface area contributed by atoms with E-state index in [1.165, 1.54) is 30.5 Å². The molecule has 3 heterocycles. The highest BCUT2D eigenvalue weighted by Gasteiger charge is 2.50. The van der Waals surface area contributed by atoms with Crippen molar-refractivity contribution >= 4 is 17.5 Å². The summed E-state index contributed by atoms with van der Waals surface area (Å²) in [6.45, 7) is 9.67. The molecular weight excluding hydrogens is 364 g/mol. The molecule has 0 unspecified atom stereocenters. The van der Waals surface area contributed by atoms with E-state index in [0.29, 0.717) is 0 Å². The van der Waals surface area contributed by atoms with Gasteiger partial charge in [0.15, 0.2) is 0 Å². The van der Waals surface area contributed by atoms with Crippen LogP contribution in [0.1, 0.15) is 45.1 Å². The van der Waals surface area contributed by atoms with Gasteiger partial charge in [0.2, 0.25) is 11.8 Å². The minimum atomic E-state index is -0.210. The maximum atomic E-state index is 12.0. The lowest BCUT2D eigenvalue weighted by molar-refractivity contribution is -0.132. The predicted molar refractivity (Wildman–Crippen MR) is 115 cm³/mol. The van der Waals surface area contributed by atoms with Gasteiger partial charge in [-0.2, -0.15) is 0 Å². The lowest BCUT2D eigenvalue weighted by Crippen LogP contribution is -2.61. The first-order valence-electron chi connectivity index (χ1n) is 11.1. The third kappa shape index (κ3) is 4.27. The Morgan fingerprint density at radius 3 is 2.55 bits per heavy atom. The van der Waals surface area contributed by atoms with Gasteiger partial charge in [-0.05, 0) is 37.3 Å². The van der Waals surface area contributed by atoms with E-state index < -0.39 is 0 Å². The molecule has 0 aliphatic carbocycles. The molecule has 3 fully saturated rings. The van der Waals surface area contributed by atoms with Gasteiger partial charge in [-0.1, -0.05) is 18.2 Å². The number of anilines is 1. The van der Waals surface area contributed by atoms with Crippen LogP contribution in [0.3, 0.4) is 0 Å². The molecule has 158 valence electrons. The van der Waals surface area contributed by atoms with Gasteiger partial charge in [-0.15, -0.1) is 0 Å². The number of likely N-dealkylation sites (tertiary alicyclic amines) is 2. The van der Waals surface area contributed by atoms with Crippen molar-refractivity contribution < 1.29 is 9.59 Å². The molecule has 29 heavy (non-hydrogen) atoms. The second-order valence-corrected chi connectivity index (χ2v) is 9.10. The minimum Gasteiger partial charge on any atom is -0.371 e. The van der Waals surface area contributed by atoms with Crippen LogP contribution in [0.15, 0.2) is 24.3 Å². The van der Waals surface area contributed by atoms with E-state index in [9.17, 15) is 9.59 Å². The van der Waals surface area contributed by atoms with Gasteiger partial charge in [0.25, 0.3) is 0 Å². The van der Waals surface area contributed by atoms with Crippen LogP contribution in [0, 0.1) is 5.92 Å². The second-order valence-electron chi connectivity index (χ2n) is 9.10. The first kappa shape index (κ1) is 20.2. The Labute approximate surface area is 174 Å². The largest absolute Gasteiger partial charge is 0.371 e. The van der Waals surface area contributed by atoms with E-state index in [4.69, 9.17) is 0 Å². The third-order valence-corrected chi connectivity index (χ3v) is 6.99. The molecule has 6 heteroatoms. The van der Waals surface area contributed by atoms with Crippen LogP contribution >= 0.6 is 0 Å². The highest BCUT2D eigenvalue weighted by atomic mass is 16.2. The van der Waals surface area contributed by atoms with Gasteiger partial charge in [-0.25, -0.2) is 0 Å². The number of nitrogens with zero attached hydrogens (tertiary/aromatic N) is 3. The van der Waals surface area contributed by atoms with Crippen molar-refractivity contribution in [2.45, 2.75) is 51.6 Å². The molecule has 0 spiro atoms. The Balaban J connectivity index is 1.52. The predicted octanol–water partition coefficient (Wildman–Crippen LogP) is 2.24. The molecule has 0 bridgehead atoms. The summed E-state index contributed by atoms with van der Waals surface area (Å²) in [7, 11) is 0. The Hall–Kier alpha value is -2.08. The molecule has 0 radical (unpaired) electrons. The fraction of sp³-hybridized carbons (Fsp3) is 0.652. The van der Waals surface area contributed by atoms with Crippen molar-refractivity contribution in [2.75, 3.05) is 44.2 Å². The summed E-state index contributed by atoms with van der Waals surface area (Å²) in [5, 5.41) is 3.28. The second kappa shape index (κ2) is 8.34. The van der Waals surface area contributed by atoms with E-state index in [1.54, 1.807) is 13.8 Å². The van der Waals surface area contributed by atoms with E-state index in [1.807, 2.05) is 4.90 Å². The van der Waals surface area contributed by atoms with Crippen LogP contribution in [0.25, 0.3) is 0 Å². The number of hydrogen-bond acceptors (Lipinski definition) is 4. The van der Waals surface area contributed by atoms with Crippen molar-refractivity contribution in [1.82, 2.24) is 15.1 Å². The van der Waals surface area contributed by atoms with Crippen LogP contribution < -0.4 is 10.2 Å². The Morgan fingerprint density at radius 2 is 1.83 bits per heavy atom. The van der Waals surface area contributed by atoms with E-state index in [2.05, 4.69) is 39.4 Å². The van der Waals surface area contributed by atoms with Crippen molar-refractivity contribution in [3.05, 3.63) is 29.8 Å². The van der Waals surface area contributed by atoms with Crippen molar-refractivity contribution in [3.63, 3.8) is 0 Å². The summed E-state index contributed by atoms with van der Waals surface area (Å²) in [6, 6.07) is 8.78. The molecule has 2 amide bonds. The zero-order valence-electron chi connectivity index (χ0n) is 17.8. The number of hydrogen-bond donors (Lipinski definition) is 1. The van der Waals surface area contributed by atoms with Gasteiger partial charge in [-0.3, -0.25) is 14.5 Å². The monoisotopic (exact) mass is 398 g/mol. The van der Waals surface area contributed by atoms with Crippen LogP contribution in [0.2, 0.25) is 0 Å². The Morgan fingerprint density at radius 1 is 1.07 bits per heavy atom. The summed E-state index contributed by atoms with van der Waals surface area (Å²) >= 11 is 0. The Kier molecular flexibility index (Phi) is 5.81. The fourth-order valence-electron chi connectivity index (χ4n) is 5.58. The van der Waals surface area contributed by atoms with Crippen molar-refractivity contribution in [3.8, 4) is 0 Å². The zero-order valence-corrected chi connectivity index (χ0v) is 17.8.